The predicted molar refractivity (Wildman–Crippen MR) is 102 cm³/mol. The van der Waals surface area contributed by atoms with E-state index in [0.717, 1.165) is 16.7 Å². The summed E-state index contributed by atoms with van der Waals surface area (Å²) in [5.74, 6) is 0.539. The van der Waals surface area contributed by atoms with Crippen molar-refractivity contribution in [1.29, 1.82) is 0 Å². The summed E-state index contributed by atoms with van der Waals surface area (Å²) in [4.78, 5) is 24.5. The van der Waals surface area contributed by atoms with Crippen LogP contribution in [0.3, 0.4) is 0 Å². The molecule has 2 aromatic carbocycles. The molecule has 2 aromatic rings. The van der Waals surface area contributed by atoms with E-state index in [1.54, 1.807) is 31.2 Å². The maximum atomic E-state index is 12.4. The Kier molecular flexibility index (Phi) is 5.60. The Hall–Kier alpha value is -3.08. The van der Waals surface area contributed by atoms with Crippen molar-refractivity contribution in [2.75, 3.05) is 13.2 Å². The summed E-state index contributed by atoms with van der Waals surface area (Å²) in [5, 5.41) is 0. The second-order valence-electron chi connectivity index (χ2n) is 6.48. The summed E-state index contributed by atoms with van der Waals surface area (Å²) in [6.07, 6.45) is 2.06. The number of ketones is 1. The molecule has 5 nitrogen and oxygen atoms in total. The van der Waals surface area contributed by atoms with Gasteiger partial charge in [-0.15, -0.1) is 0 Å². The molecular weight excluding hydrogens is 344 g/mol. The third kappa shape index (κ3) is 4.56. The van der Waals surface area contributed by atoms with Crippen molar-refractivity contribution in [3.05, 3.63) is 64.7 Å². The predicted octanol–water partition coefficient (Wildman–Crippen LogP) is 3.90. The standard InChI is InChI=1S/C22H22O5/c1-14-4-7-18(12-15(14)2)22(24)16(3)27-21(23)9-6-17-5-8-19-20(13-17)26-11-10-25-19/h4-9,12-13,16H,10-11H2,1-3H3/b9-6+/t16-/m0/s1. The van der Waals surface area contributed by atoms with Crippen LogP contribution in [0.5, 0.6) is 11.5 Å². The van der Waals surface area contributed by atoms with Crippen LogP contribution in [0, 0.1) is 13.8 Å². The summed E-state index contributed by atoms with van der Waals surface area (Å²) < 4.78 is 16.2. The molecule has 0 unspecified atom stereocenters. The van der Waals surface area contributed by atoms with Gasteiger partial charge in [0, 0.05) is 11.6 Å². The molecule has 0 spiro atoms. The van der Waals surface area contributed by atoms with Gasteiger partial charge in [-0.3, -0.25) is 4.79 Å². The molecular formula is C22H22O5. The lowest BCUT2D eigenvalue weighted by molar-refractivity contribution is -0.140. The van der Waals surface area contributed by atoms with E-state index in [9.17, 15) is 9.59 Å². The second kappa shape index (κ2) is 8.08. The Labute approximate surface area is 158 Å². The Bertz CT molecular complexity index is 898. The minimum Gasteiger partial charge on any atom is -0.486 e. The molecule has 3 rings (SSSR count). The minimum atomic E-state index is -0.857. The van der Waals surface area contributed by atoms with Crippen LogP contribution >= 0.6 is 0 Å². The van der Waals surface area contributed by atoms with Crippen molar-refractivity contribution < 1.29 is 23.8 Å². The summed E-state index contributed by atoms with van der Waals surface area (Å²) in [6, 6.07) is 10.9. The number of ether oxygens (including phenoxy) is 3. The van der Waals surface area contributed by atoms with Crippen LogP contribution in [0.1, 0.15) is 34.0 Å². The molecule has 0 bridgehead atoms. The molecule has 0 aliphatic carbocycles. The van der Waals surface area contributed by atoms with Crippen LogP contribution in [0.4, 0.5) is 0 Å². The highest BCUT2D eigenvalue weighted by Crippen LogP contribution is 2.31. The van der Waals surface area contributed by atoms with Crippen molar-refractivity contribution >= 4 is 17.8 Å². The largest absolute Gasteiger partial charge is 0.486 e. The van der Waals surface area contributed by atoms with Crippen LogP contribution < -0.4 is 9.47 Å². The van der Waals surface area contributed by atoms with Gasteiger partial charge in [0.05, 0.1) is 0 Å². The Morgan fingerprint density at radius 3 is 2.48 bits per heavy atom. The van der Waals surface area contributed by atoms with Gasteiger partial charge in [-0.2, -0.15) is 0 Å². The number of carbonyl (C=O) groups is 2. The van der Waals surface area contributed by atoms with Crippen LogP contribution in [0.25, 0.3) is 6.08 Å². The first-order chi connectivity index (χ1) is 12.9. The monoisotopic (exact) mass is 366 g/mol. The van der Waals surface area contributed by atoms with Crippen molar-refractivity contribution in [2.45, 2.75) is 26.9 Å². The Morgan fingerprint density at radius 1 is 1.00 bits per heavy atom. The highest BCUT2D eigenvalue weighted by Gasteiger charge is 2.19. The van der Waals surface area contributed by atoms with E-state index < -0.39 is 12.1 Å². The number of aryl methyl sites for hydroxylation is 2. The molecule has 5 heteroatoms. The number of hydrogen-bond acceptors (Lipinski definition) is 5. The summed E-state index contributed by atoms with van der Waals surface area (Å²) in [5.41, 5.74) is 3.45. The van der Waals surface area contributed by atoms with Gasteiger partial charge in [0.15, 0.2) is 17.6 Å². The smallest absolute Gasteiger partial charge is 0.331 e. The van der Waals surface area contributed by atoms with Crippen LogP contribution in [0.15, 0.2) is 42.5 Å². The zero-order valence-electron chi connectivity index (χ0n) is 15.7. The first kappa shape index (κ1) is 18.7. The fourth-order valence-electron chi connectivity index (χ4n) is 2.72. The Balaban J connectivity index is 1.61. The first-order valence-corrected chi connectivity index (χ1v) is 8.84. The number of hydrogen-bond donors (Lipinski definition) is 0. The summed E-state index contributed by atoms with van der Waals surface area (Å²) in [6.45, 7) is 6.53. The van der Waals surface area contributed by atoms with E-state index in [2.05, 4.69) is 0 Å². The van der Waals surface area contributed by atoms with E-state index in [-0.39, 0.29) is 5.78 Å². The fraction of sp³-hybridized carbons (Fsp3) is 0.273. The molecule has 140 valence electrons. The molecule has 0 radical (unpaired) electrons. The SMILES string of the molecule is Cc1ccc(C(=O)[C@H](C)OC(=O)/C=C/c2ccc3c(c2)OCCO3)cc1C. The van der Waals surface area contributed by atoms with Gasteiger partial charge in [0.2, 0.25) is 5.78 Å². The topological polar surface area (TPSA) is 61.8 Å². The number of esters is 1. The lowest BCUT2D eigenvalue weighted by Crippen LogP contribution is -2.23. The third-order valence-electron chi connectivity index (χ3n) is 4.43. The van der Waals surface area contributed by atoms with Crippen LogP contribution in [-0.4, -0.2) is 31.1 Å². The summed E-state index contributed by atoms with van der Waals surface area (Å²) in [7, 11) is 0. The maximum absolute atomic E-state index is 12.4. The molecule has 1 atom stereocenters. The van der Waals surface area contributed by atoms with E-state index in [1.165, 1.54) is 6.08 Å². The van der Waals surface area contributed by atoms with Gasteiger partial charge < -0.3 is 14.2 Å². The first-order valence-electron chi connectivity index (χ1n) is 8.84. The second-order valence-corrected chi connectivity index (χ2v) is 6.48. The average molecular weight is 366 g/mol. The molecule has 0 fully saturated rings. The molecule has 1 heterocycles. The fourth-order valence-corrected chi connectivity index (χ4v) is 2.72. The highest BCUT2D eigenvalue weighted by molar-refractivity contribution is 6.01. The molecule has 0 N–H and O–H groups in total. The van der Waals surface area contributed by atoms with Crippen LogP contribution in [0.2, 0.25) is 0 Å². The van der Waals surface area contributed by atoms with Gasteiger partial charge in [-0.25, -0.2) is 4.79 Å². The van der Waals surface area contributed by atoms with Gasteiger partial charge >= 0.3 is 5.97 Å². The van der Waals surface area contributed by atoms with Crippen molar-refractivity contribution in [2.24, 2.45) is 0 Å². The normalized spacial score (nSPS) is 14.0. The molecule has 1 aliphatic heterocycles. The molecule has 27 heavy (non-hydrogen) atoms. The van der Waals surface area contributed by atoms with Crippen molar-refractivity contribution in [3.8, 4) is 11.5 Å². The summed E-state index contributed by atoms with van der Waals surface area (Å²) >= 11 is 0. The molecule has 0 aromatic heterocycles. The number of fused-ring (bicyclic) bond motifs is 1. The minimum absolute atomic E-state index is 0.223. The lowest BCUT2D eigenvalue weighted by atomic mass is 10.0. The zero-order chi connectivity index (χ0) is 19.4. The maximum Gasteiger partial charge on any atom is 0.331 e. The number of benzene rings is 2. The highest BCUT2D eigenvalue weighted by atomic mass is 16.6. The molecule has 0 amide bonds. The molecule has 0 saturated heterocycles. The van der Waals surface area contributed by atoms with Crippen molar-refractivity contribution in [3.63, 3.8) is 0 Å². The van der Waals surface area contributed by atoms with Gasteiger partial charge in [-0.05, 0) is 61.7 Å². The van der Waals surface area contributed by atoms with Gasteiger partial charge in [0.25, 0.3) is 0 Å². The van der Waals surface area contributed by atoms with E-state index in [4.69, 9.17) is 14.2 Å². The Morgan fingerprint density at radius 2 is 1.74 bits per heavy atom. The van der Waals surface area contributed by atoms with E-state index in [0.29, 0.717) is 30.3 Å². The quantitative estimate of drug-likeness (QED) is 0.456. The number of rotatable bonds is 5. The van der Waals surface area contributed by atoms with E-state index in [1.807, 2.05) is 32.0 Å². The number of carbonyl (C=O) groups excluding carboxylic acids is 2. The lowest BCUT2D eigenvalue weighted by Gasteiger charge is -2.18. The third-order valence-corrected chi connectivity index (χ3v) is 4.43. The number of Topliss-reactive ketones (excluding diaryl/α,β-unsaturated/α-hetero) is 1. The van der Waals surface area contributed by atoms with Crippen molar-refractivity contribution in [1.82, 2.24) is 0 Å². The van der Waals surface area contributed by atoms with Gasteiger partial charge in [-0.1, -0.05) is 18.2 Å². The average Bonchev–Trinajstić information content (AvgIpc) is 2.67. The molecule has 0 saturated carbocycles. The van der Waals surface area contributed by atoms with E-state index >= 15 is 0 Å². The van der Waals surface area contributed by atoms with Gasteiger partial charge in [0.1, 0.15) is 13.2 Å². The zero-order valence-corrected chi connectivity index (χ0v) is 15.7. The van der Waals surface area contributed by atoms with Crippen LogP contribution in [-0.2, 0) is 9.53 Å². The molecule has 1 aliphatic rings.